The minimum absolute atomic E-state index is 0.0948. The highest BCUT2D eigenvalue weighted by atomic mass is 16.2. The molecule has 116 valence electrons. The Morgan fingerprint density at radius 1 is 1.36 bits per heavy atom. The molecule has 2 aromatic heterocycles. The minimum Gasteiger partial charge on any atom is -0.334 e. The van der Waals surface area contributed by atoms with E-state index in [0.717, 1.165) is 37.3 Å². The Labute approximate surface area is 129 Å². The van der Waals surface area contributed by atoms with E-state index in [4.69, 9.17) is 0 Å². The summed E-state index contributed by atoms with van der Waals surface area (Å²) in [5, 5.41) is 11.3. The Morgan fingerprint density at radius 3 is 3.00 bits per heavy atom. The average molecular weight is 300 g/mol. The predicted octanol–water partition coefficient (Wildman–Crippen LogP) is 1.52. The van der Waals surface area contributed by atoms with Crippen molar-refractivity contribution in [3.63, 3.8) is 0 Å². The molecule has 1 amide bonds. The van der Waals surface area contributed by atoms with E-state index in [2.05, 4.69) is 20.5 Å². The second-order valence-corrected chi connectivity index (χ2v) is 5.55. The van der Waals surface area contributed by atoms with Crippen molar-refractivity contribution in [1.82, 2.24) is 30.1 Å². The number of carbonyl (C=O) groups is 1. The lowest BCUT2D eigenvalue weighted by molar-refractivity contribution is -0.135. The minimum atomic E-state index is 0.0948. The van der Waals surface area contributed by atoms with Gasteiger partial charge < -0.3 is 4.90 Å². The van der Waals surface area contributed by atoms with Crippen LogP contribution in [0, 0.1) is 6.92 Å². The predicted molar refractivity (Wildman–Crippen MR) is 79.7 cm³/mol. The molecule has 0 aromatic carbocycles. The van der Waals surface area contributed by atoms with Gasteiger partial charge >= 0.3 is 0 Å². The zero-order valence-corrected chi connectivity index (χ0v) is 12.7. The first-order chi connectivity index (χ1) is 10.8. The molecular weight excluding hydrogens is 280 g/mol. The number of likely N-dealkylation sites (tertiary alicyclic amines) is 1. The normalized spacial score (nSPS) is 18.4. The highest BCUT2D eigenvalue weighted by Gasteiger charge is 2.28. The number of hydrogen-bond acceptors (Lipinski definition) is 5. The number of aryl methyl sites for hydroxylation is 2. The maximum atomic E-state index is 12.6. The highest BCUT2D eigenvalue weighted by molar-refractivity contribution is 5.76. The van der Waals surface area contributed by atoms with E-state index >= 15 is 0 Å². The Morgan fingerprint density at radius 2 is 2.27 bits per heavy atom. The van der Waals surface area contributed by atoms with Gasteiger partial charge in [-0.2, -0.15) is 0 Å². The molecule has 0 spiro atoms. The third kappa shape index (κ3) is 3.13. The van der Waals surface area contributed by atoms with Gasteiger partial charge in [0.2, 0.25) is 5.91 Å². The van der Waals surface area contributed by atoms with Gasteiger partial charge in [0, 0.05) is 19.2 Å². The van der Waals surface area contributed by atoms with Crippen LogP contribution in [0.5, 0.6) is 0 Å². The Bertz CT molecular complexity index is 626. The molecule has 3 heterocycles. The molecule has 1 aliphatic heterocycles. The molecule has 0 saturated carbocycles. The molecule has 1 fully saturated rings. The highest BCUT2D eigenvalue weighted by Crippen LogP contribution is 2.30. The van der Waals surface area contributed by atoms with Gasteiger partial charge in [-0.05, 0) is 48.7 Å². The van der Waals surface area contributed by atoms with E-state index in [9.17, 15) is 4.79 Å². The second-order valence-electron chi connectivity index (χ2n) is 5.55. The van der Waals surface area contributed by atoms with Gasteiger partial charge in [0.05, 0.1) is 18.3 Å². The Kier molecular flexibility index (Phi) is 4.41. The van der Waals surface area contributed by atoms with Crippen LogP contribution in [-0.2, 0) is 11.3 Å². The fourth-order valence-electron chi connectivity index (χ4n) is 2.91. The smallest absolute Gasteiger partial charge is 0.225 e. The van der Waals surface area contributed by atoms with Crippen molar-refractivity contribution in [1.29, 1.82) is 0 Å². The van der Waals surface area contributed by atoms with Crippen molar-refractivity contribution in [2.75, 3.05) is 6.54 Å². The van der Waals surface area contributed by atoms with Gasteiger partial charge in [-0.3, -0.25) is 9.78 Å². The van der Waals surface area contributed by atoms with Crippen LogP contribution in [0.3, 0.4) is 0 Å². The molecule has 1 unspecified atom stereocenters. The van der Waals surface area contributed by atoms with Crippen LogP contribution in [0.2, 0.25) is 0 Å². The number of aromatic nitrogens is 5. The molecule has 1 saturated heterocycles. The van der Waals surface area contributed by atoms with Gasteiger partial charge in [0.15, 0.2) is 0 Å². The van der Waals surface area contributed by atoms with Crippen LogP contribution in [0.25, 0.3) is 0 Å². The fourth-order valence-corrected chi connectivity index (χ4v) is 2.91. The van der Waals surface area contributed by atoms with Crippen LogP contribution in [0.15, 0.2) is 24.4 Å². The van der Waals surface area contributed by atoms with Crippen molar-refractivity contribution in [3.8, 4) is 0 Å². The lowest BCUT2D eigenvalue weighted by atomic mass is 9.98. The number of hydrogen-bond donors (Lipinski definition) is 0. The van der Waals surface area contributed by atoms with Crippen LogP contribution in [0.4, 0.5) is 0 Å². The number of piperidine rings is 1. The molecular formula is C15H20N6O. The van der Waals surface area contributed by atoms with Gasteiger partial charge in [0.1, 0.15) is 5.82 Å². The third-order valence-electron chi connectivity index (χ3n) is 4.10. The van der Waals surface area contributed by atoms with E-state index in [-0.39, 0.29) is 11.9 Å². The monoisotopic (exact) mass is 300 g/mol. The van der Waals surface area contributed by atoms with Crippen molar-refractivity contribution >= 4 is 5.91 Å². The summed E-state index contributed by atoms with van der Waals surface area (Å²) in [4.78, 5) is 19.0. The summed E-state index contributed by atoms with van der Waals surface area (Å²) in [5.41, 5.74) is 0.981. The van der Waals surface area contributed by atoms with E-state index in [1.54, 1.807) is 10.9 Å². The number of carbonyl (C=O) groups excluding carboxylic acids is 1. The number of tetrazole rings is 1. The first-order valence-electron chi connectivity index (χ1n) is 7.69. The van der Waals surface area contributed by atoms with Crippen LogP contribution < -0.4 is 0 Å². The van der Waals surface area contributed by atoms with Gasteiger partial charge in [-0.15, -0.1) is 5.10 Å². The quantitative estimate of drug-likeness (QED) is 0.855. The third-order valence-corrected chi connectivity index (χ3v) is 4.10. The van der Waals surface area contributed by atoms with Gasteiger partial charge in [0.25, 0.3) is 0 Å². The van der Waals surface area contributed by atoms with Crippen molar-refractivity contribution in [2.45, 2.75) is 45.2 Å². The van der Waals surface area contributed by atoms with E-state index < -0.39 is 0 Å². The molecule has 1 atom stereocenters. The fraction of sp³-hybridized carbons (Fsp3) is 0.533. The van der Waals surface area contributed by atoms with Crippen LogP contribution in [0.1, 0.15) is 43.2 Å². The van der Waals surface area contributed by atoms with Gasteiger partial charge in [-0.1, -0.05) is 6.07 Å². The molecule has 22 heavy (non-hydrogen) atoms. The average Bonchev–Trinajstić information content (AvgIpc) is 2.98. The molecule has 0 aliphatic carbocycles. The SMILES string of the molecule is Cc1nnnn1CCC(=O)N1CCCCC1c1ccccn1. The standard InChI is InChI=1S/C15H20N6O/c1-12-17-18-19-21(12)11-8-15(22)20-10-5-3-7-14(20)13-6-2-4-9-16-13/h2,4,6,9,14H,3,5,7-8,10-11H2,1H3. The lowest BCUT2D eigenvalue weighted by Crippen LogP contribution is -2.39. The first-order valence-corrected chi connectivity index (χ1v) is 7.69. The lowest BCUT2D eigenvalue weighted by Gasteiger charge is -2.35. The zero-order chi connectivity index (χ0) is 15.4. The number of nitrogens with zero attached hydrogens (tertiary/aromatic N) is 6. The summed E-state index contributed by atoms with van der Waals surface area (Å²) in [6.45, 7) is 3.15. The topological polar surface area (TPSA) is 76.8 Å². The van der Waals surface area contributed by atoms with Crippen LogP contribution >= 0.6 is 0 Å². The van der Waals surface area contributed by atoms with Gasteiger partial charge in [-0.25, -0.2) is 4.68 Å². The molecule has 7 nitrogen and oxygen atoms in total. The van der Waals surface area contributed by atoms with E-state index in [0.29, 0.717) is 13.0 Å². The number of amides is 1. The summed E-state index contributed by atoms with van der Waals surface area (Å²) < 4.78 is 1.66. The summed E-state index contributed by atoms with van der Waals surface area (Å²) >= 11 is 0. The summed E-state index contributed by atoms with van der Waals surface area (Å²) in [5.74, 6) is 0.873. The number of rotatable bonds is 4. The van der Waals surface area contributed by atoms with Crippen molar-refractivity contribution in [2.24, 2.45) is 0 Å². The summed E-state index contributed by atoms with van der Waals surface area (Å²) in [6, 6.07) is 5.97. The second kappa shape index (κ2) is 6.64. The molecule has 1 aliphatic rings. The maximum absolute atomic E-state index is 12.6. The Balaban J connectivity index is 1.68. The first kappa shape index (κ1) is 14.6. The van der Waals surface area contributed by atoms with E-state index in [1.165, 1.54) is 0 Å². The molecule has 3 rings (SSSR count). The van der Waals surface area contributed by atoms with Crippen LogP contribution in [-0.4, -0.2) is 42.5 Å². The molecule has 0 N–H and O–H groups in total. The number of pyridine rings is 1. The zero-order valence-electron chi connectivity index (χ0n) is 12.7. The summed E-state index contributed by atoms with van der Waals surface area (Å²) in [6.07, 6.45) is 5.37. The molecule has 0 radical (unpaired) electrons. The molecule has 0 bridgehead atoms. The Hall–Kier alpha value is -2.31. The van der Waals surface area contributed by atoms with Crippen molar-refractivity contribution < 1.29 is 4.79 Å². The summed E-state index contributed by atoms with van der Waals surface area (Å²) in [7, 11) is 0. The van der Waals surface area contributed by atoms with E-state index in [1.807, 2.05) is 30.0 Å². The maximum Gasteiger partial charge on any atom is 0.225 e. The molecule has 7 heteroatoms. The molecule has 2 aromatic rings. The van der Waals surface area contributed by atoms with Crippen molar-refractivity contribution in [3.05, 3.63) is 35.9 Å². The largest absolute Gasteiger partial charge is 0.334 e.